The fraction of sp³-hybridized carbons (Fsp3) is 0.364. The van der Waals surface area contributed by atoms with Crippen molar-refractivity contribution >= 4 is 5.69 Å². The first-order chi connectivity index (χ1) is 7.55. The SMILES string of the molecule is CC1(C)OC=C(COc2cc(N)ccn2)O1. The lowest BCUT2D eigenvalue weighted by molar-refractivity contribution is -0.119. The van der Waals surface area contributed by atoms with Gasteiger partial charge in [-0.15, -0.1) is 0 Å². The van der Waals surface area contributed by atoms with Gasteiger partial charge in [0.1, 0.15) is 6.26 Å². The lowest BCUT2D eigenvalue weighted by Gasteiger charge is -2.18. The van der Waals surface area contributed by atoms with Crippen LogP contribution in [0.2, 0.25) is 0 Å². The molecule has 0 atom stereocenters. The van der Waals surface area contributed by atoms with Crippen LogP contribution in [-0.4, -0.2) is 17.4 Å². The number of nitrogens with two attached hydrogens (primary N) is 1. The highest BCUT2D eigenvalue weighted by molar-refractivity contribution is 5.39. The minimum Gasteiger partial charge on any atom is -0.469 e. The summed E-state index contributed by atoms with van der Waals surface area (Å²) in [5, 5.41) is 0. The topological polar surface area (TPSA) is 66.6 Å². The molecule has 0 bridgehead atoms. The molecule has 5 nitrogen and oxygen atoms in total. The Kier molecular flexibility index (Phi) is 2.60. The number of nitrogens with zero attached hydrogens (tertiary/aromatic N) is 1. The van der Waals surface area contributed by atoms with Gasteiger partial charge in [-0.25, -0.2) is 4.98 Å². The Balaban J connectivity index is 1.89. The molecule has 2 heterocycles. The van der Waals surface area contributed by atoms with E-state index in [1.165, 1.54) is 0 Å². The zero-order valence-electron chi connectivity index (χ0n) is 9.27. The number of hydrogen-bond donors (Lipinski definition) is 1. The maximum atomic E-state index is 5.59. The molecule has 2 N–H and O–H groups in total. The van der Waals surface area contributed by atoms with Crippen LogP contribution in [0.4, 0.5) is 5.69 Å². The monoisotopic (exact) mass is 222 g/mol. The van der Waals surface area contributed by atoms with Crippen LogP contribution in [0, 0.1) is 0 Å². The summed E-state index contributed by atoms with van der Waals surface area (Å²) in [5.74, 6) is 0.491. The molecule has 0 saturated heterocycles. The van der Waals surface area contributed by atoms with Gasteiger partial charge < -0.3 is 19.9 Å². The van der Waals surface area contributed by atoms with Crippen molar-refractivity contribution in [2.24, 2.45) is 0 Å². The second-order valence-electron chi connectivity index (χ2n) is 3.92. The van der Waals surface area contributed by atoms with Crippen LogP contribution < -0.4 is 10.5 Å². The van der Waals surface area contributed by atoms with Crippen molar-refractivity contribution in [3.63, 3.8) is 0 Å². The quantitative estimate of drug-likeness (QED) is 0.842. The zero-order chi connectivity index (χ0) is 11.6. The molecule has 1 aromatic heterocycles. The largest absolute Gasteiger partial charge is 0.469 e. The molecular formula is C11H14N2O3. The third-order valence-corrected chi connectivity index (χ3v) is 1.97. The molecule has 0 amide bonds. The van der Waals surface area contributed by atoms with Gasteiger partial charge in [0.15, 0.2) is 12.4 Å². The first kappa shape index (κ1) is 10.6. The summed E-state index contributed by atoms with van der Waals surface area (Å²) < 4.78 is 16.1. The third kappa shape index (κ3) is 2.56. The Morgan fingerprint density at radius 1 is 1.50 bits per heavy atom. The Morgan fingerprint density at radius 2 is 2.31 bits per heavy atom. The summed E-state index contributed by atoms with van der Waals surface area (Å²) >= 11 is 0. The summed E-state index contributed by atoms with van der Waals surface area (Å²) in [4.78, 5) is 4.01. The van der Waals surface area contributed by atoms with E-state index >= 15 is 0 Å². The number of pyridine rings is 1. The molecule has 0 unspecified atom stereocenters. The number of ether oxygens (including phenoxy) is 3. The molecule has 0 radical (unpaired) electrons. The van der Waals surface area contributed by atoms with E-state index in [0.29, 0.717) is 17.3 Å². The molecule has 0 spiro atoms. The van der Waals surface area contributed by atoms with Crippen molar-refractivity contribution < 1.29 is 14.2 Å². The van der Waals surface area contributed by atoms with Gasteiger partial charge in [-0.2, -0.15) is 0 Å². The van der Waals surface area contributed by atoms with Gasteiger partial charge in [0.25, 0.3) is 0 Å². The fourth-order valence-electron chi connectivity index (χ4n) is 1.28. The number of anilines is 1. The zero-order valence-corrected chi connectivity index (χ0v) is 9.27. The minimum atomic E-state index is -0.609. The van der Waals surface area contributed by atoms with Crippen LogP contribution in [0.1, 0.15) is 13.8 Å². The average Bonchev–Trinajstić information content (AvgIpc) is 2.56. The first-order valence-corrected chi connectivity index (χ1v) is 4.95. The summed E-state index contributed by atoms with van der Waals surface area (Å²) in [5.41, 5.74) is 6.21. The van der Waals surface area contributed by atoms with Crippen molar-refractivity contribution in [1.29, 1.82) is 0 Å². The lowest BCUT2D eigenvalue weighted by Crippen LogP contribution is -2.21. The summed E-state index contributed by atoms with van der Waals surface area (Å²) in [7, 11) is 0. The van der Waals surface area contributed by atoms with Crippen molar-refractivity contribution in [2.75, 3.05) is 12.3 Å². The van der Waals surface area contributed by atoms with E-state index in [1.54, 1.807) is 24.6 Å². The maximum Gasteiger partial charge on any atom is 0.244 e. The van der Waals surface area contributed by atoms with Gasteiger partial charge in [-0.05, 0) is 6.07 Å². The normalized spacial score (nSPS) is 17.2. The van der Waals surface area contributed by atoms with Crippen molar-refractivity contribution in [2.45, 2.75) is 19.6 Å². The predicted molar refractivity (Wildman–Crippen MR) is 58.5 cm³/mol. The van der Waals surface area contributed by atoms with Crippen LogP contribution in [0.25, 0.3) is 0 Å². The third-order valence-electron chi connectivity index (χ3n) is 1.97. The van der Waals surface area contributed by atoms with E-state index in [0.717, 1.165) is 0 Å². The van der Waals surface area contributed by atoms with Crippen LogP contribution in [0.3, 0.4) is 0 Å². The van der Waals surface area contributed by atoms with E-state index in [-0.39, 0.29) is 6.61 Å². The number of rotatable bonds is 3. The van der Waals surface area contributed by atoms with Gasteiger partial charge in [-0.3, -0.25) is 0 Å². The summed E-state index contributed by atoms with van der Waals surface area (Å²) in [6, 6.07) is 3.35. The number of nitrogen functional groups attached to an aromatic ring is 1. The van der Waals surface area contributed by atoms with Crippen molar-refractivity contribution in [3.05, 3.63) is 30.4 Å². The van der Waals surface area contributed by atoms with Crippen LogP contribution >= 0.6 is 0 Å². The molecule has 0 aliphatic carbocycles. The Labute approximate surface area is 93.8 Å². The molecule has 86 valence electrons. The van der Waals surface area contributed by atoms with Gasteiger partial charge in [0, 0.05) is 31.8 Å². The van der Waals surface area contributed by atoms with E-state index < -0.39 is 5.79 Å². The number of hydrogen-bond acceptors (Lipinski definition) is 5. The molecule has 2 rings (SSSR count). The highest BCUT2D eigenvalue weighted by atomic mass is 16.7. The van der Waals surface area contributed by atoms with E-state index in [9.17, 15) is 0 Å². The fourth-order valence-corrected chi connectivity index (χ4v) is 1.28. The molecule has 5 heteroatoms. The lowest BCUT2D eigenvalue weighted by atomic mass is 10.4. The first-order valence-electron chi connectivity index (χ1n) is 4.95. The maximum absolute atomic E-state index is 5.59. The molecule has 1 aliphatic rings. The number of aromatic nitrogens is 1. The van der Waals surface area contributed by atoms with Gasteiger partial charge in [0.2, 0.25) is 11.7 Å². The smallest absolute Gasteiger partial charge is 0.244 e. The molecular weight excluding hydrogens is 208 g/mol. The molecule has 0 aromatic carbocycles. The van der Waals surface area contributed by atoms with Gasteiger partial charge in [-0.1, -0.05) is 0 Å². The summed E-state index contributed by atoms with van der Waals surface area (Å²) in [6.07, 6.45) is 3.14. The van der Waals surface area contributed by atoms with Crippen LogP contribution in [-0.2, 0) is 9.47 Å². The average molecular weight is 222 g/mol. The van der Waals surface area contributed by atoms with E-state index in [1.807, 2.05) is 13.8 Å². The van der Waals surface area contributed by atoms with Gasteiger partial charge >= 0.3 is 0 Å². The molecule has 16 heavy (non-hydrogen) atoms. The standard InChI is InChI=1S/C11H14N2O3/c1-11(2)15-7-9(16-11)6-14-10-5-8(12)3-4-13-10/h3-5,7H,6H2,1-2H3,(H2,12,13). The van der Waals surface area contributed by atoms with Crippen molar-refractivity contribution in [3.8, 4) is 5.88 Å². The van der Waals surface area contributed by atoms with Gasteiger partial charge in [0.05, 0.1) is 0 Å². The molecule has 0 fully saturated rings. The molecule has 1 aliphatic heterocycles. The highest BCUT2D eigenvalue weighted by Crippen LogP contribution is 2.24. The molecule has 1 aromatic rings. The van der Waals surface area contributed by atoms with Crippen LogP contribution in [0.15, 0.2) is 30.4 Å². The van der Waals surface area contributed by atoms with Crippen LogP contribution in [0.5, 0.6) is 5.88 Å². The minimum absolute atomic E-state index is 0.278. The second-order valence-corrected chi connectivity index (χ2v) is 3.92. The van der Waals surface area contributed by atoms with E-state index in [4.69, 9.17) is 19.9 Å². The van der Waals surface area contributed by atoms with E-state index in [2.05, 4.69) is 4.98 Å². The Hall–Kier alpha value is -1.91. The highest BCUT2D eigenvalue weighted by Gasteiger charge is 2.27. The Bertz CT molecular complexity index is 415. The van der Waals surface area contributed by atoms with Crippen molar-refractivity contribution in [1.82, 2.24) is 4.98 Å². The summed E-state index contributed by atoms with van der Waals surface area (Å²) in [6.45, 7) is 3.93. The second kappa shape index (κ2) is 3.92. The molecule has 0 saturated carbocycles. The Morgan fingerprint density at radius 3 is 2.94 bits per heavy atom. The predicted octanol–water partition coefficient (Wildman–Crippen LogP) is 1.67.